The first-order valence-corrected chi connectivity index (χ1v) is 9.87. The van der Waals surface area contributed by atoms with E-state index in [-0.39, 0.29) is 23.7 Å². The number of aromatic nitrogens is 1. The summed E-state index contributed by atoms with van der Waals surface area (Å²) in [7, 11) is 1.55. The number of pyridine rings is 1. The minimum Gasteiger partial charge on any atom is -0.481 e. The van der Waals surface area contributed by atoms with E-state index in [1.807, 2.05) is 23.1 Å². The molecular weight excluding hydrogens is 354 g/mol. The van der Waals surface area contributed by atoms with Crippen LogP contribution in [0.15, 0.2) is 42.6 Å². The highest BCUT2D eigenvalue weighted by molar-refractivity contribution is 6.02. The van der Waals surface area contributed by atoms with E-state index in [1.54, 1.807) is 25.4 Å². The molecule has 0 bridgehead atoms. The molecule has 2 amide bonds. The second-order valence-electron chi connectivity index (χ2n) is 7.44. The Hall–Kier alpha value is -2.89. The Balaban J connectivity index is 1.49. The lowest BCUT2D eigenvalue weighted by Crippen LogP contribution is -2.43. The third-order valence-electron chi connectivity index (χ3n) is 5.79. The van der Waals surface area contributed by atoms with Crippen molar-refractivity contribution in [3.05, 3.63) is 48.2 Å². The van der Waals surface area contributed by atoms with Gasteiger partial charge in [-0.3, -0.25) is 9.59 Å². The van der Waals surface area contributed by atoms with E-state index in [9.17, 15) is 9.59 Å². The number of para-hydroxylation sites is 1. The second-order valence-corrected chi connectivity index (χ2v) is 7.44. The largest absolute Gasteiger partial charge is 0.481 e. The summed E-state index contributed by atoms with van der Waals surface area (Å²) in [5, 5.41) is 2.93. The van der Waals surface area contributed by atoms with Gasteiger partial charge < -0.3 is 15.0 Å². The number of benzene rings is 1. The Morgan fingerprint density at radius 3 is 2.64 bits per heavy atom. The number of nitrogens with one attached hydrogen (secondary N) is 1. The molecule has 2 aromatic rings. The van der Waals surface area contributed by atoms with Gasteiger partial charge >= 0.3 is 0 Å². The lowest BCUT2D eigenvalue weighted by molar-refractivity contribution is -0.132. The Morgan fingerprint density at radius 2 is 1.89 bits per heavy atom. The predicted octanol–water partition coefficient (Wildman–Crippen LogP) is 3.42. The van der Waals surface area contributed by atoms with Gasteiger partial charge in [0.1, 0.15) is 0 Å². The molecule has 1 aromatic heterocycles. The van der Waals surface area contributed by atoms with Crippen molar-refractivity contribution < 1.29 is 14.3 Å². The van der Waals surface area contributed by atoms with Gasteiger partial charge in [0.2, 0.25) is 17.7 Å². The van der Waals surface area contributed by atoms with Crippen LogP contribution in [-0.4, -0.2) is 30.5 Å². The maximum absolute atomic E-state index is 13.3. The van der Waals surface area contributed by atoms with Crippen LogP contribution in [0.1, 0.15) is 31.2 Å². The molecule has 6 heteroatoms. The third kappa shape index (κ3) is 3.59. The number of anilines is 2. The van der Waals surface area contributed by atoms with Crippen LogP contribution in [0.25, 0.3) is 0 Å². The summed E-state index contributed by atoms with van der Waals surface area (Å²) >= 11 is 0. The van der Waals surface area contributed by atoms with Crippen molar-refractivity contribution in [1.82, 2.24) is 4.98 Å². The highest BCUT2D eigenvalue weighted by Gasteiger charge is 2.39. The maximum atomic E-state index is 13.3. The van der Waals surface area contributed by atoms with Gasteiger partial charge in [-0.05, 0) is 37.0 Å². The zero-order valence-electron chi connectivity index (χ0n) is 16.1. The number of carbonyl (C=O) groups excluding carboxylic acids is 2. The van der Waals surface area contributed by atoms with Crippen LogP contribution in [0, 0.1) is 11.8 Å². The van der Waals surface area contributed by atoms with Crippen molar-refractivity contribution in [3.8, 4) is 5.88 Å². The molecular formula is C22H25N3O3. The molecule has 0 unspecified atom stereocenters. The Kier molecular flexibility index (Phi) is 5.28. The van der Waals surface area contributed by atoms with Gasteiger partial charge in [-0.15, -0.1) is 0 Å². The lowest BCUT2D eigenvalue weighted by atomic mass is 9.77. The molecule has 2 atom stereocenters. The number of hydrogen-bond acceptors (Lipinski definition) is 4. The summed E-state index contributed by atoms with van der Waals surface area (Å²) in [6, 6.07) is 11.5. The van der Waals surface area contributed by atoms with Gasteiger partial charge in [0.15, 0.2) is 0 Å². The van der Waals surface area contributed by atoms with Crippen LogP contribution in [-0.2, 0) is 16.0 Å². The van der Waals surface area contributed by atoms with Crippen molar-refractivity contribution in [2.75, 3.05) is 23.9 Å². The molecule has 1 aliphatic heterocycles. The van der Waals surface area contributed by atoms with Gasteiger partial charge in [0.05, 0.1) is 24.9 Å². The number of amides is 2. The van der Waals surface area contributed by atoms with Crippen molar-refractivity contribution in [1.29, 1.82) is 0 Å². The number of ether oxygens (including phenoxy) is 1. The summed E-state index contributed by atoms with van der Waals surface area (Å²) in [5.74, 6) is -0.103. The molecule has 146 valence electrons. The average Bonchev–Trinajstić information content (AvgIpc) is 3.18. The number of rotatable bonds is 4. The van der Waals surface area contributed by atoms with E-state index < -0.39 is 0 Å². The molecule has 6 nitrogen and oxygen atoms in total. The van der Waals surface area contributed by atoms with E-state index in [0.29, 0.717) is 18.1 Å². The monoisotopic (exact) mass is 379 g/mol. The van der Waals surface area contributed by atoms with Crippen molar-refractivity contribution in [2.24, 2.45) is 11.8 Å². The fourth-order valence-electron chi connectivity index (χ4n) is 4.32. The molecule has 1 N–H and O–H groups in total. The third-order valence-corrected chi connectivity index (χ3v) is 5.79. The number of methoxy groups -OCH3 is 1. The highest BCUT2D eigenvalue weighted by atomic mass is 16.5. The van der Waals surface area contributed by atoms with E-state index in [4.69, 9.17) is 4.74 Å². The number of carbonyl (C=O) groups is 2. The summed E-state index contributed by atoms with van der Waals surface area (Å²) < 4.78 is 5.05. The van der Waals surface area contributed by atoms with Gasteiger partial charge in [-0.25, -0.2) is 4.98 Å². The lowest BCUT2D eigenvalue weighted by Gasteiger charge is -2.32. The standard InChI is InChI=1S/C22H25N3O3/c1-28-20-11-10-16(14-23-20)24-21(26)17-7-3-4-8-18(17)22(27)25-13-12-15-6-2-5-9-19(15)25/h2,5-6,9-11,14,17-18H,3-4,7-8,12-13H2,1H3,(H,24,26)/t17-,18+/m1/s1. The second kappa shape index (κ2) is 8.00. The molecule has 4 rings (SSSR count). The molecule has 0 saturated heterocycles. The summed E-state index contributed by atoms with van der Waals surface area (Å²) in [4.78, 5) is 32.3. The first-order chi connectivity index (χ1) is 13.7. The number of fused-ring (bicyclic) bond motifs is 1. The molecule has 0 spiro atoms. The van der Waals surface area contributed by atoms with Gasteiger partial charge in [-0.2, -0.15) is 0 Å². The SMILES string of the molecule is COc1ccc(NC(=O)[C@@H]2CCCC[C@@H]2C(=O)N2CCc3ccccc32)cn1. The molecule has 28 heavy (non-hydrogen) atoms. The quantitative estimate of drug-likeness (QED) is 0.884. The smallest absolute Gasteiger partial charge is 0.230 e. The molecule has 2 aliphatic rings. The van der Waals surface area contributed by atoms with Gasteiger partial charge in [0.25, 0.3) is 0 Å². The Morgan fingerprint density at radius 1 is 1.11 bits per heavy atom. The summed E-state index contributed by atoms with van der Waals surface area (Å²) in [6.45, 7) is 0.700. The number of hydrogen-bond donors (Lipinski definition) is 1. The molecule has 1 aliphatic carbocycles. The summed E-state index contributed by atoms with van der Waals surface area (Å²) in [6.07, 6.45) is 5.91. The maximum Gasteiger partial charge on any atom is 0.230 e. The molecule has 0 radical (unpaired) electrons. The van der Waals surface area contributed by atoms with Gasteiger partial charge in [-0.1, -0.05) is 31.0 Å². The fraction of sp³-hybridized carbons (Fsp3) is 0.409. The van der Waals surface area contributed by atoms with E-state index >= 15 is 0 Å². The van der Waals surface area contributed by atoms with Crippen molar-refractivity contribution in [2.45, 2.75) is 32.1 Å². The minimum absolute atomic E-state index is 0.0812. The fourth-order valence-corrected chi connectivity index (χ4v) is 4.32. The van der Waals surface area contributed by atoms with Crippen LogP contribution in [0.5, 0.6) is 5.88 Å². The van der Waals surface area contributed by atoms with E-state index in [1.165, 1.54) is 5.56 Å². The topological polar surface area (TPSA) is 71.5 Å². The molecule has 1 aromatic carbocycles. The summed E-state index contributed by atoms with van der Waals surface area (Å²) in [5.41, 5.74) is 2.82. The van der Waals surface area contributed by atoms with Crippen molar-refractivity contribution >= 4 is 23.2 Å². The van der Waals surface area contributed by atoms with Crippen LogP contribution in [0.3, 0.4) is 0 Å². The van der Waals surface area contributed by atoms with Crippen LogP contribution < -0.4 is 15.0 Å². The van der Waals surface area contributed by atoms with Crippen molar-refractivity contribution in [3.63, 3.8) is 0 Å². The first kappa shape index (κ1) is 18.5. The number of nitrogens with zero attached hydrogens (tertiary/aromatic N) is 2. The molecule has 1 saturated carbocycles. The van der Waals surface area contributed by atoms with E-state index in [0.717, 1.165) is 37.8 Å². The first-order valence-electron chi connectivity index (χ1n) is 9.87. The van der Waals surface area contributed by atoms with Gasteiger partial charge in [0, 0.05) is 24.2 Å². The average molecular weight is 379 g/mol. The Bertz CT molecular complexity index is 866. The zero-order valence-corrected chi connectivity index (χ0v) is 16.1. The Labute approximate surface area is 164 Å². The highest BCUT2D eigenvalue weighted by Crippen LogP contribution is 2.36. The molecule has 2 heterocycles. The zero-order chi connectivity index (χ0) is 19.5. The minimum atomic E-state index is -0.309. The predicted molar refractivity (Wildman–Crippen MR) is 107 cm³/mol. The van der Waals surface area contributed by atoms with Crippen LogP contribution in [0.2, 0.25) is 0 Å². The van der Waals surface area contributed by atoms with E-state index in [2.05, 4.69) is 16.4 Å². The molecule has 1 fully saturated rings. The normalized spacial score (nSPS) is 21.1. The van der Waals surface area contributed by atoms with Crippen LogP contribution in [0.4, 0.5) is 11.4 Å². The van der Waals surface area contributed by atoms with Crippen LogP contribution >= 0.6 is 0 Å².